The van der Waals surface area contributed by atoms with Crippen LogP contribution in [0.4, 0.5) is 0 Å². The lowest BCUT2D eigenvalue weighted by Gasteiger charge is -2.52. The lowest BCUT2D eigenvalue weighted by atomic mass is 9.48. The van der Waals surface area contributed by atoms with Crippen LogP contribution in [0.3, 0.4) is 0 Å². The Morgan fingerprint density at radius 2 is 1.20 bits per heavy atom. The summed E-state index contributed by atoms with van der Waals surface area (Å²) in [5, 5.41) is 0. The van der Waals surface area contributed by atoms with Gasteiger partial charge in [-0.2, -0.15) is 0 Å². The molecule has 0 aromatic heterocycles. The van der Waals surface area contributed by atoms with Crippen LogP contribution >= 0.6 is 0 Å². The van der Waals surface area contributed by atoms with Crippen molar-refractivity contribution in [3.05, 3.63) is 107 Å². The zero-order valence-corrected chi connectivity index (χ0v) is 17.4. The van der Waals surface area contributed by atoms with Gasteiger partial charge in [0, 0.05) is 11.3 Å². The maximum Gasteiger partial charge on any atom is 0.126 e. The Hall–Kier alpha value is -2.38. The van der Waals surface area contributed by atoms with Gasteiger partial charge < -0.3 is 4.74 Å². The Balaban J connectivity index is 1.61. The minimum absolute atomic E-state index is 0.186. The summed E-state index contributed by atoms with van der Waals surface area (Å²) in [6.07, 6.45) is 7.95. The number of hydrogen-bond donors (Lipinski definition) is 0. The zero-order valence-electron chi connectivity index (χ0n) is 17.4. The molecule has 3 aliphatic carbocycles. The van der Waals surface area contributed by atoms with Crippen molar-refractivity contribution in [1.82, 2.24) is 0 Å². The standard InChI is InChI=1S/C29H28O/c1-3-9-22(10-4-1)28-24-13-7-8-14-25(24)29(30-28,23-11-5-2-6-12-23)27-19-17-21(18-20-27)15-16-26(27)28/h1-14,21,26H,15-20H2/t21?,26-,27?,28+,29-/m0/s1. The second-order valence-electron chi connectivity index (χ2n) is 10.0. The van der Waals surface area contributed by atoms with Gasteiger partial charge in [0.15, 0.2) is 0 Å². The molecule has 3 aromatic rings. The third kappa shape index (κ3) is 1.81. The Bertz CT molecular complexity index is 1090. The molecule has 1 nitrogen and oxygen atoms in total. The van der Waals surface area contributed by atoms with Gasteiger partial charge >= 0.3 is 0 Å². The average Bonchev–Trinajstić information content (AvgIpc) is 3.07. The van der Waals surface area contributed by atoms with E-state index < -0.39 is 0 Å². The summed E-state index contributed by atoms with van der Waals surface area (Å²) in [5.74, 6) is 1.44. The van der Waals surface area contributed by atoms with Crippen LogP contribution in [-0.4, -0.2) is 0 Å². The monoisotopic (exact) mass is 392 g/mol. The molecular weight excluding hydrogens is 364 g/mol. The quantitative estimate of drug-likeness (QED) is 0.466. The minimum Gasteiger partial charge on any atom is -0.349 e. The molecule has 3 aromatic carbocycles. The molecule has 0 radical (unpaired) electrons. The molecule has 0 unspecified atom stereocenters. The van der Waals surface area contributed by atoms with Gasteiger partial charge in [-0.3, -0.25) is 0 Å². The predicted molar refractivity (Wildman–Crippen MR) is 119 cm³/mol. The third-order valence-electron chi connectivity index (χ3n) is 9.12. The van der Waals surface area contributed by atoms with E-state index in [2.05, 4.69) is 84.9 Å². The molecule has 8 rings (SSSR count). The summed E-state index contributed by atoms with van der Waals surface area (Å²) in [7, 11) is 0. The Kier molecular flexibility index (Phi) is 3.38. The topological polar surface area (TPSA) is 9.23 Å². The SMILES string of the molecule is c1ccc([C@@]23O[C@@](c4ccccc4)(c4ccccc42)C24CCC(CC[C@@H]23)CC4)cc1. The van der Waals surface area contributed by atoms with Gasteiger partial charge in [0.05, 0.1) is 0 Å². The number of rotatable bonds is 2. The molecule has 5 aliphatic rings. The van der Waals surface area contributed by atoms with E-state index in [1.165, 1.54) is 60.8 Å². The van der Waals surface area contributed by atoms with Crippen LogP contribution in [0.15, 0.2) is 84.9 Å². The number of hydrogen-bond acceptors (Lipinski definition) is 1. The van der Waals surface area contributed by atoms with Crippen LogP contribution in [0.2, 0.25) is 0 Å². The van der Waals surface area contributed by atoms with E-state index in [9.17, 15) is 0 Å². The second-order valence-corrected chi connectivity index (χ2v) is 10.0. The van der Waals surface area contributed by atoms with Gasteiger partial charge in [0.25, 0.3) is 0 Å². The maximum atomic E-state index is 7.61. The summed E-state index contributed by atoms with van der Waals surface area (Å²) < 4.78 is 7.61. The van der Waals surface area contributed by atoms with Crippen molar-refractivity contribution in [2.75, 3.05) is 0 Å². The molecule has 1 saturated heterocycles. The minimum atomic E-state index is -0.333. The first kappa shape index (κ1) is 17.3. The fraction of sp³-hybridized carbons (Fsp3) is 0.379. The molecule has 3 saturated carbocycles. The van der Waals surface area contributed by atoms with Gasteiger partial charge in [0.2, 0.25) is 0 Å². The molecule has 4 fully saturated rings. The summed E-state index contributed by atoms with van der Waals surface area (Å²) in [6.45, 7) is 0. The molecule has 30 heavy (non-hydrogen) atoms. The van der Waals surface area contributed by atoms with Gasteiger partial charge in [-0.05, 0) is 60.3 Å². The second kappa shape index (κ2) is 5.86. The van der Waals surface area contributed by atoms with E-state index in [1.54, 1.807) is 0 Å². The molecule has 0 amide bonds. The van der Waals surface area contributed by atoms with Crippen molar-refractivity contribution in [2.24, 2.45) is 17.3 Å². The molecule has 1 heteroatoms. The van der Waals surface area contributed by atoms with Crippen molar-refractivity contribution in [3.63, 3.8) is 0 Å². The van der Waals surface area contributed by atoms with Crippen molar-refractivity contribution >= 4 is 0 Å². The van der Waals surface area contributed by atoms with Crippen LogP contribution in [0.5, 0.6) is 0 Å². The van der Waals surface area contributed by atoms with E-state index in [4.69, 9.17) is 4.74 Å². The molecule has 2 heterocycles. The first-order valence-electron chi connectivity index (χ1n) is 11.7. The number of ether oxygens (including phenoxy) is 1. The molecule has 0 N–H and O–H groups in total. The smallest absolute Gasteiger partial charge is 0.126 e. The Morgan fingerprint density at radius 3 is 1.90 bits per heavy atom. The van der Waals surface area contributed by atoms with Crippen molar-refractivity contribution < 1.29 is 4.74 Å². The number of fused-ring (bicyclic) bond motifs is 8. The van der Waals surface area contributed by atoms with E-state index >= 15 is 0 Å². The highest BCUT2D eigenvalue weighted by atomic mass is 16.5. The van der Waals surface area contributed by atoms with Crippen LogP contribution in [-0.2, 0) is 15.9 Å². The van der Waals surface area contributed by atoms with Gasteiger partial charge in [0.1, 0.15) is 11.2 Å². The lowest BCUT2D eigenvalue weighted by molar-refractivity contribution is -0.0847. The molecule has 1 spiro atoms. The van der Waals surface area contributed by atoms with Gasteiger partial charge in [-0.25, -0.2) is 0 Å². The first-order chi connectivity index (χ1) is 14.8. The van der Waals surface area contributed by atoms with Gasteiger partial charge in [-0.15, -0.1) is 0 Å². The molecule has 3 atom stereocenters. The largest absolute Gasteiger partial charge is 0.349 e. The van der Waals surface area contributed by atoms with E-state index in [0.717, 1.165) is 5.92 Å². The third-order valence-corrected chi connectivity index (χ3v) is 9.12. The van der Waals surface area contributed by atoms with E-state index in [0.29, 0.717) is 5.92 Å². The van der Waals surface area contributed by atoms with Crippen LogP contribution in [0.25, 0.3) is 0 Å². The molecule has 150 valence electrons. The van der Waals surface area contributed by atoms with Crippen LogP contribution in [0.1, 0.15) is 60.8 Å². The van der Waals surface area contributed by atoms with E-state index in [1.807, 2.05) is 0 Å². The van der Waals surface area contributed by atoms with Crippen molar-refractivity contribution in [3.8, 4) is 0 Å². The molecule has 2 aliphatic heterocycles. The zero-order chi connectivity index (χ0) is 19.8. The highest BCUT2D eigenvalue weighted by molar-refractivity contribution is 5.59. The highest BCUT2D eigenvalue weighted by Crippen LogP contribution is 2.78. The van der Waals surface area contributed by atoms with Crippen molar-refractivity contribution in [1.29, 1.82) is 0 Å². The Morgan fingerprint density at radius 1 is 0.600 bits per heavy atom. The average molecular weight is 393 g/mol. The number of benzene rings is 3. The van der Waals surface area contributed by atoms with Crippen molar-refractivity contribution in [2.45, 2.75) is 49.7 Å². The first-order valence-corrected chi connectivity index (χ1v) is 11.7. The highest BCUT2D eigenvalue weighted by Gasteiger charge is 2.77. The van der Waals surface area contributed by atoms with Crippen LogP contribution < -0.4 is 0 Å². The molecular formula is C29H28O. The van der Waals surface area contributed by atoms with E-state index in [-0.39, 0.29) is 16.6 Å². The summed E-state index contributed by atoms with van der Waals surface area (Å²) in [6, 6.07) is 31.5. The molecule has 4 bridgehead atoms. The maximum absolute atomic E-state index is 7.61. The predicted octanol–water partition coefficient (Wildman–Crippen LogP) is 6.80. The fourth-order valence-electron chi connectivity index (χ4n) is 8.07. The normalized spacial score (nSPS) is 38.1. The van der Waals surface area contributed by atoms with Gasteiger partial charge in [-0.1, -0.05) is 91.3 Å². The summed E-state index contributed by atoms with van der Waals surface area (Å²) in [4.78, 5) is 0. The fourth-order valence-corrected chi connectivity index (χ4v) is 8.07. The lowest BCUT2D eigenvalue weighted by Crippen LogP contribution is -2.50. The summed E-state index contributed by atoms with van der Waals surface area (Å²) in [5.41, 5.74) is 5.08. The Labute approximate surface area is 179 Å². The van der Waals surface area contributed by atoms with Crippen LogP contribution in [0, 0.1) is 17.3 Å². The summed E-state index contributed by atoms with van der Waals surface area (Å²) >= 11 is 0.